The summed E-state index contributed by atoms with van der Waals surface area (Å²) < 4.78 is 6.25. The SMILES string of the molecule is CC(C)(C)OC1CN[C@@](C)(C(=O)N(c2ccc(C(C)(C)C)cc2)C(C(=O)NC2CCCCC2)c2cccnc2)C1. The number of hydrogen-bond donors (Lipinski definition) is 2. The highest BCUT2D eigenvalue weighted by molar-refractivity contribution is 6.05. The zero-order valence-electron chi connectivity index (χ0n) is 25.4. The lowest BCUT2D eigenvalue weighted by Gasteiger charge is -2.38. The summed E-state index contributed by atoms with van der Waals surface area (Å²) in [6.07, 6.45) is 9.15. The van der Waals surface area contributed by atoms with E-state index in [0.29, 0.717) is 24.2 Å². The summed E-state index contributed by atoms with van der Waals surface area (Å²) in [4.78, 5) is 34.8. The fourth-order valence-electron chi connectivity index (χ4n) is 5.94. The highest BCUT2D eigenvalue weighted by Gasteiger charge is 2.48. The van der Waals surface area contributed by atoms with E-state index in [4.69, 9.17) is 4.74 Å². The Labute approximate surface area is 240 Å². The summed E-state index contributed by atoms with van der Waals surface area (Å²) in [7, 11) is 0. The van der Waals surface area contributed by atoms with E-state index in [0.717, 1.165) is 31.2 Å². The van der Waals surface area contributed by atoms with E-state index in [1.807, 2.05) is 52.0 Å². The molecule has 1 aliphatic heterocycles. The second kappa shape index (κ2) is 12.0. The summed E-state index contributed by atoms with van der Waals surface area (Å²) in [5.41, 5.74) is 1.29. The molecule has 2 aromatic rings. The van der Waals surface area contributed by atoms with Crippen LogP contribution in [0.3, 0.4) is 0 Å². The van der Waals surface area contributed by atoms with Crippen molar-refractivity contribution in [2.45, 2.75) is 122 Å². The van der Waals surface area contributed by atoms with Crippen molar-refractivity contribution < 1.29 is 14.3 Å². The van der Waals surface area contributed by atoms with Gasteiger partial charge >= 0.3 is 0 Å². The van der Waals surface area contributed by atoms with Crippen LogP contribution in [0.4, 0.5) is 5.69 Å². The van der Waals surface area contributed by atoms with Gasteiger partial charge in [-0.15, -0.1) is 0 Å². The van der Waals surface area contributed by atoms with Crippen molar-refractivity contribution in [3.8, 4) is 0 Å². The van der Waals surface area contributed by atoms with Crippen LogP contribution in [-0.2, 0) is 19.7 Å². The molecule has 1 aliphatic carbocycles. The number of amides is 2. The minimum atomic E-state index is -0.899. The molecule has 4 rings (SSSR count). The second-order valence-corrected chi connectivity index (χ2v) is 13.8. The van der Waals surface area contributed by atoms with E-state index < -0.39 is 11.6 Å². The minimum absolute atomic E-state index is 0.0367. The van der Waals surface area contributed by atoms with Crippen molar-refractivity contribution in [1.82, 2.24) is 15.6 Å². The molecule has 2 unspecified atom stereocenters. The van der Waals surface area contributed by atoms with Crippen LogP contribution < -0.4 is 15.5 Å². The highest BCUT2D eigenvalue weighted by atomic mass is 16.5. The molecule has 1 saturated heterocycles. The van der Waals surface area contributed by atoms with Crippen molar-refractivity contribution in [3.63, 3.8) is 0 Å². The zero-order chi connectivity index (χ0) is 29.1. The van der Waals surface area contributed by atoms with Gasteiger partial charge in [-0.3, -0.25) is 19.5 Å². The number of carbonyl (C=O) groups excluding carboxylic acids is 2. The Morgan fingerprint density at radius 3 is 2.30 bits per heavy atom. The number of hydrogen-bond acceptors (Lipinski definition) is 5. The molecule has 40 heavy (non-hydrogen) atoms. The lowest BCUT2D eigenvalue weighted by atomic mass is 9.87. The van der Waals surface area contributed by atoms with Crippen LogP contribution in [0.2, 0.25) is 0 Å². The Morgan fingerprint density at radius 2 is 1.73 bits per heavy atom. The van der Waals surface area contributed by atoms with Gasteiger partial charge < -0.3 is 15.4 Å². The van der Waals surface area contributed by atoms with Gasteiger partial charge in [0, 0.05) is 42.7 Å². The lowest BCUT2D eigenvalue weighted by molar-refractivity contribution is -0.130. The average Bonchev–Trinajstić information content (AvgIpc) is 3.27. The summed E-state index contributed by atoms with van der Waals surface area (Å²) in [5, 5.41) is 6.75. The van der Waals surface area contributed by atoms with Crippen LogP contribution in [0.1, 0.15) is 104 Å². The first kappa shape index (κ1) is 30.2. The molecule has 218 valence electrons. The summed E-state index contributed by atoms with van der Waals surface area (Å²) >= 11 is 0. The number of anilines is 1. The number of aromatic nitrogens is 1. The van der Waals surface area contributed by atoms with Crippen molar-refractivity contribution >= 4 is 17.5 Å². The van der Waals surface area contributed by atoms with Crippen LogP contribution >= 0.6 is 0 Å². The highest BCUT2D eigenvalue weighted by Crippen LogP contribution is 2.35. The lowest BCUT2D eigenvalue weighted by Crippen LogP contribution is -2.57. The molecule has 2 fully saturated rings. The molecule has 2 aliphatic rings. The van der Waals surface area contributed by atoms with Gasteiger partial charge in [-0.25, -0.2) is 0 Å². The van der Waals surface area contributed by atoms with Crippen LogP contribution in [0.25, 0.3) is 0 Å². The normalized spacial score (nSPS) is 23.0. The molecule has 0 radical (unpaired) electrons. The Hall–Kier alpha value is -2.77. The predicted octanol–water partition coefficient (Wildman–Crippen LogP) is 5.84. The van der Waals surface area contributed by atoms with Gasteiger partial charge in [0.05, 0.1) is 17.2 Å². The Bertz CT molecular complexity index is 1150. The number of ether oxygens (including phenoxy) is 1. The number of pyridine rings is 1. The monoisotopic (exact) mass is 548 g/mol. The molecule has 7 nitrogen and oxygen atoms in total. The molecule has 2 amide bonds. The molecule has 1 saturated carbocycles. The molecular formula is C33H48N4O3. The van der Waals surface area contributed by atoms with E-state index in [1.54, 1.807) is 17.3 Å². The molecule has 7 heteroatoms. The van der Waals surface area contributed by atoms with Crippen LogP contribution in [0.15, 0.2) is 48.8 Å². The maximum atomic E-state index is 14.7. The quantitative estimate of drug-likeness (QED) is 0.454. The van der Waals surface area contributed by atoms with Crippen molar-refractivity contribution in [2.24, 2.45) is 0 Å². The molecule has 2 N–H and O–H groups in total. The fraction of sp³-hybridized carbons (Fsp3) is 0.606. The largest absolute Gasteiger partial charge is 0.371 e. The van der Waals surface area contributed by atoms with Gasteiger partial charge in [-0.05, 0) is 69.7 Å². The second-order valence-electron chi connectivity index (χ2n) is 13.8. The maximum absolute atomic E-state index is 14.7. The number of benzene rings is 1. The Balaban J connectivity index is 1.75. The molecule has 0 bridgehead atoms. The van der Waals surface area contributed by atoms with Crippen LogP contribution in [0.5, 0.6) is 0 Å². The van der Waals surface area contributed by atoms with E-state index in [2.05, 4.69) is 48.5 Å². The summed E-state index contributed by atoms with van der Waals surface area (Å²) in [6, 6.07) is 11.0. The van der Waals surface area contributed by atoms with E-state index in [-0.39, 0.29) is 35.0 Å². The molecule has 1 aromatic carbocycles. The van der Waals surface area contributed by atoms with Crippen molar-refractivity contribution in [2.75, 3.05) is 11.4 Å². The topological polar surface area (TPSA) is 83.6 Å². The van der Waals surface area contributed by atoms with Crippen molar-refractivity contribution in [1.29, 1.82) is 0 Å². The third kappa shape index (κ3) is 7.29. The number of nitrogens with zero attached hydrogens (tertiary/aromatic N) is 2. The van der Waals surface area contributed by atoms with Gasteiger partial charge in [0.2, 0.25) is 11.8 Å². The van der Waals surface area contributed by atoms with Crippen LogP contribution in [-0.4, -0.2) is 46.6 Å². The van der Waals surface area contributed by atoms with Gasteiger partial charge in [-0.1, -0.05) is 58.2 Å². The fourth-order valence-corrected chi connectivity index (χ4v) is 5.94. The van der Waals surface area contributed by atoms with Gasteiger partial charge in [0.25, 0.3) is 0 Å². The summed E-state index contributed by atoms with van der Waals surface area (Å²) in [5.74, 6) is -0.319. The average molecular weight is 549 g/mol. The standard InChI is InChI=1S/C33H48N4O3/c1-31(2,3)24-15-17-26(18-16-24)37(30(39)33(7)20-27(22-35-33)40-32(4,5)6)28(23-12-11-19-34-21-23)29(38)36-25-13-9-8-10-14-25/h11-12,15-19,21,25,27-28,35H,8-10,13-14,20,22H2,1-7H3,(H,36,38)/t27?,28?,33-/m1/s1. The Morgan fingerprint density at radius 1 is 1.05 bits per heavy atom. The first-order chi connectivity index (χ1) is 18.8. The van der Waals surface area contributed by atoms with Crippen LogP contribution in [0, 0.1) is 0 Å². The third-order valence-corrected chi connectivity index (χ3v) is 8.04. The van der Waals surface area contributed by atoms with E-state index in [1.165, 1.54) is 6.42 Å². The molecule has 1 aromatic heterocycles. The third-order valence-electron chi connectivity index (χ3n) is 8.04. The van der Waals surface area contributed by atoms with Gasteiger partial charge in [0.1, 0.15) is 6.04 Å². The van der Waals surface area contributed by atoms with Crippen molar-refractivity contribution in [3.05, 3.63) is 59.9 Å². The molecule has 3 atom stereocenters. The van der Waals surface area contributed by atoms with E-state index in [9.17, 15) is 9.59 Å². The number of rotatable bonds is 7. The van der Waals surface area contributed by atoms with E-state index >= 15 is 0 Å². The molecule has 0 spiro atoms. The number of carbonyl (C=O) groups is 2. The Kier molecular flexibility index (Phi) is 9.05. The maximum Gasteiger partial charge on any atom is 0.248 e. The smallest absolute Gasteiger partial charge is 0.248 e. The molecule has 2 heterocycles. The van der Waals surface area contributed by atoms with Gasteiger partial charge in [-0.2, -0.15) is 0 Å². The minimum Gasteiger partial charge on any atom is -0.371 e. The zero-order valence-corrected chi connectivity index (χ0v) is 25.4. The first-order valence-electron chi connectivity index (χ1n) is 14.8. The number of nitrogens with one attached hydrogen (secondary N) is 2. The molecular weight excluding hydrogens is 500 g/mol. The van der Waals surface area contributed by atoms with Gasteiger partial charge in [0.15, 0.2) is 0 Å². The first-order valence-corrected chi connectivity index (χ1v) is 14.8. The predicted molar refractivity (Wildman–Crippen MR) is 160 cm³/mol. The summed E-state index contributed by atoms with van der Waals surface area (Å²) in [6.45, 7) is 15.1.